The van der Waals surface area contributed by atoms with Gasteiger partial charge < -0.3 is 34.4 Å². The van der Waals surface area contributed by atoms with Crippen LogP contribution in [0.15, 0.2) is 23.9 Å². The summed E-state index contributed by atoms with van der Waals surface area (Å²) in [5, 5.41) is 3.68. The predicted molar refractivity (Wildman–Crippen MR) is 139 cm³/mol. The normalized spacial score (nSPS) is 21.0. The quantitative estimate of drug-likeness (QED) is 0.440. The summed E-state index contributed by atoms with van der Waals surface area (Å²) in [5.41, 5.74) is 3.50. The lowest BCUT2D eigenvalue weighted by atomic mass is 9.82. The van der Waals surface area contributed by atoms with Crippen LogP contribution in [-0.2, 0) is 5.41 Å². The van der Waals surface area contributed by atoms with Crippen LogP contribution in [0.3, 0.4) is 0 Å². The number of allylic oxidation sites excluding steroid dienone is 2. The number of carbonyl (C=O) groups is 3. The Morgan fingerprint density at radius 2 is 1.89 bits per heavy atom. The summed E-state index contributed by atoms with van der Waals surface area (Å²) in [7, 11) is 4.59. The molecule has 0 bridgehead atoms. The largest absolute Gasteiger partial charge is 0.493 e. The fourth-order valence-electron chi connectivity index (χ4n) is 6.32. The zero-order valence-corrected chi connectivity index (χ0v) is 22.0. The van der Waals surface area contributed by atoms with Gasteiger partial charge in [0.25, 0.3) is 11.8 Å². The Labute approximate surface area is 219 Å². The minimum atomic E-state index is -0.515. The van der Waals surface area contributed by atoms with Crippen molar-refractivity contribution in [1.82, 2.24) is 20.2 Å². The third kappa shape index (κ3) is 3.09. The number of aryl methyl sites for hydroxylation is 1. The molecule has 2 amide bonds. The molecule has 3 aliphatic rings. The van der Waals surface area contributed by atoms with E-state index in [0.29, 0.717) is 64.2 Å². The fraction of sp³-hybridized carbons (Fsp3) is 0.393. The van der Waals surface area contributed by atoms with Gasteiger partial charge in [-0.05, 0) is 37.8 Å². The standard InChI is InChI=1S/C28H30N4O6/c1-6-7-29-26(34)20-13(2)30-23-17(33)10-19-28(21(20)23)11-15(28)12-32(19)27(35)16-8-14-9-18(36-3)24(37-4)25(38-5)22(14)31-16/h8-10,15,30-31H,6-7,11-12H2,1-5H3,(H,29,34)/t15-,28+/m1/s1. The van der Waals surface area contributed by atoms with E-state index >= 15 is 0 Å². The van der Waals surface area contributed by atoms with Crippen LogP contribution in [0.5, 0.6) is 17.2 Å². The highest BCUT2D eigenvalue weighted by atomic mass is 16.5. The molecule has 198 valence electrons. The first-order valence-corrected chi connectivity index (χ1v) is 12.7. The Hall–Kier alpha value is -4.21. The molecule has 1 aliphatic heterocycles. The molecule has 1 spiro atoms. The van der Waals surface area contributed by atoms with Crippen molar-refractivity contribution in [2.75, 3.05) is 34.4 Å². The molecule has 0 radical (unpaired) electrons. The molecule has 10 nitrogen and oxygen atoms in total. The molecular weight excluding hydrogens is 488 g/mol. The van der Waals surface area contributed by atoms with E-state index in [1.807, 2.05) is 13.8 Å². The van der Waals surface area contributed by atoms with E-state index in [0.717, 1.165) is 23.8 Å². The van der Waals surface area contributed by atoms with Gasteiger partial charge >= 0.3 is 0 Å². The number of methoxy groups -OCH3 is 3. The molecule has 2 fully saturated rings. The molecule has 6 rings (SSSR count). The number of hydrogen-bond donors (Lipinski definition) is 3. The Bertz CT molecular complexity index is 1560. The number of benzene rings is 1. The van der Waals surface area contributed by atoms with Crippen LogP contribution in [0, 0.1) is 12.8 Å². The number of likely N-dealkylation sites (tertiary alicyclic amines) is 1. The van der Waals surface area contributed by atoms with Gasteiger partial charge in [-0.1, -0.05) is 6.92 Å². The predicted octanol–water partition coefficient (Wildman–Crippen LogP) is 3.46. The van der Waals surface area contributed by atoms with Crippen molar-refractivity contribution < 1.29 is 28.6 Å². The minimum absolute atomic E-state index is 0.136. The number of amides is 2. The summed E-state index contributed by atoms with van der Waals surface area (Å²) in [6, 6.07) is 3.53. The highest BCUT2D eigenvalue weighted by Crippen LogP contribution is 2.67. The van der Waals surface area contributed by atoms with Gasteiger partial charge in [0.05, 0.1) is 38.1 Å². The number of aromatic nitrogens is 2. The van der Waals surface area contributed by atoms with Crippen LogP contribution < -0.4 is 19.5 Å². The molecule has 1 aromatic carbocycles. The number of fused-ring (bicyclic) bond motifs is 2. The van der Waals surface area contributed by atoms with Crippen molar-refractivity contribution in [3.8, 4) is 17.2 Å². The molecule has 3 heterocycles. The second-order valence-electron chi connectivity index (χ2n) is 10.1. The number of hydrogen-bond acceptors (Lipinski definition) is 6. The zero-order valence-electron chi connectivity index (χ0n) is 22.0. The van der Waals surface area contributed by atoms with Crippen LogP contribution in [0.25, 0.3) is 10.9 Å². The molecule has 10 heteroatoms. The first kappa shape index (κ1) is 24.1. The van der Waals surface area contributed by atoms with Crippen LogP contribution in [0.1, 0.15) is 62.4 Å². The Morgan fingerprint density at radius 3 is 2.58 bits per heavy atom. The van der Waals surface area contributed by atoms with Gasteiger partial charge in [0.2, 0.25) is 11.5 Å². The third-order valence-electron chi connectivity index (χ3n) is 8.06. The number of nitrogens with one attached hydrogen (secondary N) is 3. The second kappa shape index (κ2) is 8.41. The van der Waals surface area contributed by atoms with Crippen molar-refractivity contribution in [2.24, 2.45) is 5.92 Å². The van der Waals surface area contributed by atoms with Crippen molar-refractivity contribution in [3.05, 3.63) is 52.1 Å². The number of H-pyrrole nitrogens is 2. The van der Waals surface area contributed by atoms with Crippen LogP contribution in [0.4, 0.5) is 0 Å². The Morgan fingerprint density at radius 1 is 1.13 bits per heavy atom. The van der Waals surface area contributed by atoms with E-state index in [1.165, 1.54) is 21.3 Å². The number of rotatable bonds is 7. The maximum absolute atomic E-state index is 13.9. The highest BCUT2D eigenvalue weighted by Gasteiger charge is 2.69. The maximum Gasteiger partial charge on any atom is 0.274 e. The lowest BCUT2D eigenvalue weighted by molar-refractivity contribution is 0.0806. The summed E-state index contributed by atoms with van der Waals surface area (Å²) < 4.78 is 16.5. The molecule has 38 heavy (non-hydrogen) atoms. The van der Waals surface area contributed by atoms with Crippen molar-refractivity contribution in [3.63, 3.8) is 0 Å². The van der Waals surface area contributed by atoms with Crippen LogP contribution >= 0.6 is 0 Å². The first-order chi connectivity index (χ1) is 18.3. The van der Waals surface area contributed by atoms with E-state index in [4.69, 9.17) is 14.2 Å². The lowest BCUT2D eigenvalue weighted by Crippen LogP contribution is -2.35. The lowest BCUT2D eigenvalue weighted by Gasteiger charge is -2.28. The SMILES string of the molecule is CCCNC(=O)c1c(C)[nH]c2c1[C@@]13C[C@@H]1CN(C(=O)c1cc4cc(OC)c(OC)c(OC)c4[nH]1)C3=CC2=O. The van der Waals surface area contributed by atoms with Gasteiger partial charge in [-0.15, -0.1) is 0 Å². The molecule has 2 atom stereocenters. The Balaban J connectivity index is 1.40. The second-order valence-corrected chi connectivity index (χ2v) is 10.1. The van der Waals surface area contributed by atoms with Crippen LogP contribution in [0.2, 0.25) is 0 Å². The van der Waals surface area contributed by atoms with E-state index in [1.54, 1.807) is 23.1 Å². The zero-order chi connectivity index (χ0) is 26.9. The summed E-state index contributed by atoms with van der Waals surface area (Å²) in [4.78, 5) is 48.3. The third-order valence-corrected chi connectivity index (χ3v) is 8.06. The molecule has 2 aliphatic carbocycles. The van der Waals surface area contributed by atoms with Crippen molar-refractivity contribution in [2.45, 2.75) is 32.1 Å². The number of ketones is 1. The van der Waals surface area contributed by atoms with Gasteiger partial charge in [0, 0.05) is 46.9 Å². The summed E-state index contributed by atoms with van der Waals surface area (Å²) >= 11 is 0. The molecule has 0 unspecified atom stereocenters. The monoisotopic (exact) mass is 518 g/mol. The molecule has 1 saturated heterocycles. The topological polar surface area (TPSA) is 126 Å². The maximum atomic E-state index is 13.9. The fourth-order valence-corrected chi connectivity index (χ4v) is 6.32. The molecule has 2 aromatic heterocycles. The number of aromatic amines is 2. The van der Waals surface area contributed by atoms with Gasteiger partial charge in [-0.2, -0.15) is 0 Å². The summed E-state index contributed by atoms with van der Waals surface area (Å²) in [6.45, 7) is 4.83. The van der Waals surface area contributed by atoms with Gasteiger partial charge in [-0.3, -0.25) is 14.4 Å². The number of ether oxygens (including phenoxy) is 3. The van der Waals surface area contributed by atoms with Crippen LogP contribution in [-0.4, -0.2) is 66.9 Å². The summed E-state index contributed by atoms with van der Waals surface area (Å²) in [6.07, 6.45) is 3.17. The number of nitrogens with zero attached hydrogens (tertiary/aromatic N) is 1. The minimum Gasteiger partial charge on any atom is -0.493 e. The Kier molecular flexibility index (Phi) is 5.34. The van der Waals surface area contributed by atoms with Gasteiger partial charge in [0.1, 0.15) is 5.69 Å². The highest BCUT2D eigenvalue weighted by molar-refractivity contribution is 6.12. The van der Waals surface area contributed by atoms with E-state index in [-0.39, 0.29) is 23.5 Å². The average molecular weight is 519 g/mol. The van der Waals surface area contributed by atoms with E-state index < -0.39 is 5.41 Å². The van der Waals surface area contributed by atoms with E-state index in [2.05, 4.69) is 15.3 Å². The average Bonchev–Trinajstić information content (AvgIpc) is 3.19. The summed E-state index contributed by atoms with van der Waals surface area (Å²) in [5.74, 6) is 0.818. The number of carbonyl (C=O) groups excluding carboxylic acids is 3. The number of piperidine rings is 1. The molecule has 1 saturated carbocycles. The van der Waals surface area contributed by atoms with Crippen molar-refractivity contribution in [1.29, 1.82) is 0 Å². The van der Waals surface area contributed by atoms with Crippen molar-refractivity contribution >= 4 is 28.5 Å². The van der Waals surface area contributed by atoms with E-state index in [9.17, 15) is 14.4 Å². The molecular formula is C28H30N4O6. The van der Waals surface area contributed by atoms with Gasteiger partial charge in [0.15, 0.2) is 11.5 Å². The molecule has 3 aromatic rings. The first-order valence-electron chi connectivity index (χ1n) is 12.7. The smallest absolute Gasteiger partial charge is 0.274 e. The molecule has 3 N–H and O–H groups in total. The van der Waals surface area contributed by atoms with Gasteiger partial charge in [-0.25, -0.2) is 0 Å².